The van der Waals surface area contributed by atoms with Gasteiger partial charge >= 0.3 is 0 Å². The molecule has 1 heterocycles. The van der Waals surface area contributed by atoms with E-state index in [2.05, 4.69) is 16.8 Å². The van der Waals surface area contributed by atoms with E-state index in [1.807, 2.05) is 13.0 Å². The lowest BCUT2D eigenvalue weighted by atomic mass is 9.99. The van der Waals surface area contributed by atoms with Gasteiger partial charge in [-0.15, -0.1) is 0 Å². The molecule has 0 radical (unpaired) electrons. The van der Waals surface area contributed by atoms with Gasteiger partial charge in [-0.1, -0.05) is 13.0 Å². The summed E-state index contributed by atoms with van der Waals surface area (Å²) in [6.45, 7) is 6.29. The van der Waals surface area contributed by atoms with E-state index in [0.717, 1.165) is 24.8 Å². The van der Waals surface area contributed by atoms with Gasteiger partial charge < -0.3 is 10.3 Å². The van der Waals surface area contributed by atoms with Crippen LogP contribution >= 0.6 is 0 Å². The number of nitrogens with one attached hydrogen (secondary N) is 1. The first-order valence-corrected chi connectivity index (χ1v) is 5.22. The third-order valence-electron chi connectivity index (χ3n) is 2.59. The van der Waals surface area contributed by atoms with Crippen LogP contribution in [0.4, 0.5) is 0 Å². The molecule has 0 bridgehead atoms. The van der Waals surface area contributed by atoms with Gasteiger partial charge in [-0.3, -0.25) is 0 Å². The van der Waals surface area contributed by atoms with Gasteiger partial charge in [0.05, 0.1) is 6.21 Å². The first-order valence-electron chi connectivity index (χ1n) is 5.22. The maximum atomic E-state index is 7.29. The SMILES string of the molecule is C/C=C\N=C(C=N)N1CCC(C)CC1. The predicted molar refractivity (Wildman–Crippen MR) is 61.0 cm³/mol. The molecule has 0 unspecified atom stereocenters. The van der Waals surface area contributed by atoms with Crippen LogP contribution in [0.1, 0.15) is 26.7 Å². The average Bonchev–Trinajstić information content (AvgIpc) is 2.21. The van der Waals surface area contributed by atoms with Gasteiger partial charge in [0, 0.05) is 19.3 Å². The molecule has 3 heteroatoms. The summed E-state index contributed by atoms with van der Waals surface area (Å²) in [5.41, 5.74) is 0. The molecule has 1 rings (SSSR count). The summed E-state index contributed by atoms with van der Waals surface area (Å²) < 4.78 is 0. The molecule has 1 fully saturated rings. The fourth-order valence-electron chi connectivity index (χ4n) is 1.60. The summed E-state index contributed by atoms with van der Waals surface area (Å²) in [4.78, 5) is 6.42. The van der Waals surface area contributed by atoms with E-state index in [1.165, 1.54) is 19.1 Å². The topological polar surface area (TPSA) is 39.5 Å². The Morgan fingerprint density at radius 3 is 2.57 bits per heavy atom. The van der Waals surface area contributed by atoms with Crippen molar-refractivity contribution in [3.05, 3.63) is 12.3 Å². The van der Waals surface area contributed by atoms with Gasteiger partial charge in [0.15, 0.2) is 0 Å². The Kier molecular flexibility index (Phi) is 4.36. The smallest absolute Gasteiger partial charge is 0.146 e. The molecule has 1 aliphatic rings. The second-order valence-electron chi connectivity index (χ2n) is 3.78. The molecular formula is C11H19N3. The van der Waals surface area contributed by atoms with Gasteiger partial charge in [-0.25, -0.2) is 4.99 Å². The Morgan fingerprint density at radius 2 is 2.07 bits per heavy atom. The van der Waals surface area contributed by atoms with Gasteiger partial charge in [0.25, 0.3) is 0 Å². The predicted octanol–water partition coefficient (Wildman–Crippen LogP) is 2.30. The van der Waals surface area contributed by atoms with E-state index >= 15 is 0 Å². The zero-order valence-corrected chi connectivity index (χ0v) is 9.03. The third kappa shape index (κ3) is 2.98. The highest BCUT2D eigenvalue weighted by Crippen LogP contribution is 2.15. The van der Waals surface area contributed by atoms with Crippen LogP contribution in [0, 0.1) is 11.3 Å². The molecule has 0 aliphatic carbocycles. The highest BCUT2D eigenvalue weighted by molar-refractivity contribution is 6.28. The van der Waals surface area contributed by atoms with Crippen molar-refractivity contribution in [1.29, 1.82) is 5.41 Å². The quantitative estimate of drug-likeness (QED) is 0.530. The lowest BCUT2D eigenvalue weighted by molar-refractivity contribution is 0.283. The normalized spacial score (nSPS) is 20.4. The van der Waals surface area contributed by atoms with Crippen molar-refractivity contribution in [2.45, 2.75) is 26.7 Å². The molecule has 0 atom stereocenters. The number of hydrogen-bond acceptors (Lipinski definition) is 2. The Morgan fingerprint density at radius 1 is 1.43 bits per heavy atom. The highest BCUT2D eigenvalue weighted by atomic mass is 15.2. The minimum absolute atomic E-state index is 0.787. The Labute approximate surface area is 86.0 Å². The second kappa shape index (κ2) is 5.58. The third-order valence-corrected chi connectivity index (χ3v) is 2.59. The van der Waals surface area contributed by atoms with Crippen molar-refractivity contribution < 1.29 is 0 Å². The van der Waals surface area contributed by atoms with Crippen LogP contribution in [0.3, 0.4) is 0 Å². The minimum atomic E-state index is 0.787. The van der Waals surface area contributed by atoms with E-state index in [-0.39, 0.29) is 0 Å². The molecule has 14 heavy (non-hydrogen) atoms. The number of allylic oxidation sites excluding steroid dienone is 1. The Hall–Kier alpha value is -1.12. The molecule has 0 aromatic carbocycles. The van der Waals surface area contributed by atoms with Crippen molar-refractivity contribution in [3.8, 4) is 0 Å². The van der Waals surface area contributed by atoms with Crippen molar-refractivity contribution in [2.24, 2.45) is 10.9 Å². The van der Waals surface area contributed by atoms with Gasteiger partial charge in [-0.05, 0) is 25.7 Å². The van der Waals surface area contributed by atoms with Crippen molar-refractivity contribution >= 4 is 12.1 Å². The van der Waals surface area contributed by atoms with Crippen molar-refractivity contribution in [1.82, 2.24) is 4.90 Å². The summed E-state index contributed by atoms with van der Waals surface area (Å²) in [5, 5.41) is 7.29. The molecule has 3 nitrogen and oxygen atoms in total. The summed E-state index contributed by atoms with van der Waals surface area (Å²) in [5.74, 6) is 1.61. The zero-order chi connectivity index (χ0) is 10.4. The Bertz CT molecular complexity index is 235. The number of amidine groups is 1. The summed E-state index contributed by atoms with van der Waals surface area (Å²) >= 11 is 0. The molecule has 1 saturated heterocycles. The number of rotatable bonds is 2. The molecule has 0 amide bonds. The van der Waals surface area contributed by atoms with E-state index in [0.29, 0.717) is 0 Å². The van der Waals surface area contributed by atoms with Crippen LogP contribution in [-0.2, 0) is 0 Å². The molecule has 0 saturated carbocycles. The van der Waals surface area contributed by atoms with Crippen LogP contribution in [0.15, 0.2) is 17.3 Å². The first kappa shape index (κ1) is 11.0. The van der Waals surface area contributed by atoms with Crippen molar-refractivity contribution in [3.63, 3.8) is 0 Å². The largest absolute Gasteiger partial charge is 0.355 e. The molecule has 0 aromatic heterocycles. The summed E-state index contributed by atoms with van der Waals surface area (Å²) in [6.07, 6.45) is 7.40. The maximum Gasteiger partial charge on any atom is 0.146 e. The molecular weight excluding hydrogens is 174 g/mol. The van der Waals surface area contributed by atoms with Crippen LogP contribution in [0.5, 0.6) is 0 Å². The van der Waals surface area contributed by atoms with Crippen LogP contribution < -0.4 is 0 Å². The van der Waals surface area contributed by atoms with Gasteiger partial charge in [0.1, 0.15) is 5.84 Å². The molecule has 0 spiro atoms. The lowest BCUT2D eigenvalue weighted by Crippen LogP contribution is -2.38. The fraction of sp³-hybridized carbons (Fsp3) is 0.636. The molecule has 1 N–H and O–H groups in total. The average molecular weight is 193 g/mol. The maximum absolute atomic E-state index is 7.29. The minimum Gasteiger partial charge on any atom is -0.355 e. The van der Waals surface area contributed by atoms with E-state index in [4.69, 9.17) is 5.41 Å². The van der Waals surface area contributed by atoms with Crippen molar-refractivity contribution in [2.75, 3.05) is 13.1 Å². The number of hydrogen-bond donors (Lipinski definition) is 1. The fourth-order valence-corrected chi connectivity index (χ4v) is 1.60. The van der Waals surface area contributed by atoms with Crippen LogP contribution in [0.25, 0.3) is 0 Å². The Balaban J connectivity index is 2.57. The number of likely N-dealkylation sites (tertiary alicyclic amines) is 1. The van der Waals surface area contributed by atoms with Gasteiger partial charge in [0.2, 0.25) is 0 Å². The van der Waals surface area contributed by atoms with E-state index in [1.54, 1.807) is 6.20 Å². The number of piperidine rings is 1. The summed E-state index contributed by atoms with van der Waals surface area (Å²) in [6, 6.07) is 0. The summed E-state index contributed by atoms with van der Waals surface area (Å²) in [7, 11) is 0. The van der Waals surface area contributed by atoms with Crippen LogP contribution in [0.2, 0.25) is 0 Å². The molecule has 1 aliphatic heterocycles. The number of aliphatic imine (C=N–C) groups is 1. The first-order chi connectivity index (χ1) is 6.77. The zero-order valence-electron chi connectivity index (χ0n) is 9.03. The van der Waals surface area contributed by atoms with Gasteiger partial charge in [-0.2, -0.15) is 0 Å². The molecule has 78 valence electrons. The van der Waals surface area contributed by atoms with E-state index in [9.17, 15) is 0 Å². The van der Waals surface area contributed by atoms with E-state index < -0.39 is 0 Å². The van der Waals surface area contributed by atoms with Crippen LogP contribution in [-0.4, -0.2) is 30.0 Å². The standard InChI is InChI=1S/C11H19N3/c1-3-6-13-11(9-12)14-7-4-10(2)5-8-14/h3,6,9-10,12H,4-5,7-8H2,1-2H3/b6-3-,12-9?,13-11?. The number of nitrogens with zero attached hydrogens (tertiary/aromatic N) is 2. The molecule has 0 aromatic rings. The monoisotopic (exact) mass is 193 g/mol. The highest BCUT2D eigenvalue weighted by Gasteiger charge is 2.16. The second-order valence-corrected chi connectivity index (χ2v) is 3.78. The lowest BCUT2D eigenvalue weighted by Gasteiger charge is -2.31.